The van der Waals surface area contributed by atoms with Crippen molar-refractivity contribution in [3.8, 4) is 6.07 Å². The Hall–Kier alpha value is -3.90. The van der Waals surface area contributed by atoms with Crippen LogP contribution in [0.2, 0.25) is 0 Å². The average Bonchev–Trinajstić information content (AvgIpc) is 3.45. The highest BCUT2D eigenvalue weighted by atomic mass is 16.5. The third-order valence-electron chi connectivity index (χ3n) is 8.12. The first-order valence-corrected chi connectivity index (χ1v) is 13.5. The number of nitrogens with zero attached hydrogens (tertiary/aromatic N) is 3. The number of nitrogens with one attached hydrogen (secondary N) is 2. The van der Waals surface area contributed by atoms with Crippen molar-refractivity contribution >= 4 is 23.3 Å². The molecule has 0 radical (unpaired) electrons. The molecule has 9 heteroatoms. The molecule has 2 amide bonds. The molecule has 1 aromatic heterocycles. The van der Waals surface area contributed by atoms with Crippen LogP contribution in [0.25, 0.3) is 5.57 Å². The Kier molecular flexibility index (Phi) is 7.46. The predicted molar refractivity (Wildman–Crippen MR) is 153 cm³/mol. The summed E-state index contributed by atoms with van der Waals surface area (Å²) in [6, 6.07) is 7.46. The highest BCUT2D eigenvalue weighted by molar-refractivity contribution is 6.03. The fourth-order valence-electron chi connectivity index (χ4n) is 5.91. The summed E-state index contributed by atoms with van der Waals surface area (Å²) in [6.07, 6.45) is 9.92. The van der Waals surface area contributed by atoms with E-state index in [1.165, 1.54) is 13.3 Å². The van der Waals surface area contributed by atoms with Crippen LogP contribution in [-0.4, -0.2) is 50.2 Å². The number of aliphatic hydroxyl groups is 1. The van der Waals surface area contributed by atoms with E-state index in [9.17, 15) is 14.7 Å². The number of benzene rings is 1. The topological polar surface area (TPSA) is 131 Å². The lowest BCUT2D eigenvalue weighted by Crippen LogP contribution is -2.56. The summed E-state index contributed by atoms with van der Waals surface area (Å²) in [4.78, 5) is 34.1. The molecular weight excluding hydrogens is 506 g/mol. The van der Waals surface area contributed by atoms with Crippen molar-refractivity contribution in [1.29, 1.82) is 5.26 Å². The van der Waals surface area contributed by atoms with Gasteiger partial charge in [-0.1, -0.05) is 38.1 Å². The van der Waals surface area contributed by atoms with Crippen LogP contribution >= 0.6 is 0 Å². The molecule has 0 saturated heterocycles. The Morgan fingerprint density at radius 3 is 2.58 bits per heavy atom. The largest absolute Gasteiger partial charge is 0.453 e. The molecule has 40 heavy (non-hydrogen) atoms. The van der Waals surface area contributed by atoms with Crippen LogP contribution in [0.3, 0.4) is 0 Å². The Morgan fingerprint density at radius 2 is 1.98 bits per heavy atom. The van der Waals surface area contributed by atoms with Gasteiger partial charge in [0.25, 0.3) is 5.91 Å². The minimum atomic E-state index is -1.32. The molecule has 2 heterocycles. The molecule has 212 valence electrons. The summed E-state index contributed by atoms with van der Waals surface area (Å²) in [5.74, 6) is -0.414. The van der Waals surface area contributed by atoms with E-state index in [0.29, 0.717) is 11.3 Å². The van der Waals surface area contributed by atoms with Gasteiger partial charge < -0.3 is 20.1 Å². The number of carbonyl (C=O) groups excluding carboxylic acids is 2. The maximum absolute atomic E-state index is 13.0. The fourth-order valence-corrected chi connectivity index (χ4v) is 5.91. The summed E-state index contributed by atoms with van der Waals surface area (Å²) >= 11 is 0. The number of anilines is 1. The smallest absolute Gasteiger partial charge is 0.410 e. The van der Waals surface area contributed by atoms with E-state index in [2.05, 4.69) is 35.2 Å². The molecular formula is C31H39N5O4. The van der Waals surface area contributed by atoms with E-state index < -0.39 is 28.7 Å². The second kappa shape index (κ2) is 10.3. The first-order valence-electron chi connectivity index (χ1n) is 13.5. The van der Waals surface area contributed by atoms with E-state index in [4.69, 9.17) is 10.00 Å². The minimum Gasteiger partial charge on any atom is -0.453 e. The Labute approximate surface area is 235 Å². The van der Waals surface area contributed by atoms with Gasteiger partial charge in [0, 0.05) is 17.7 Å². The molecule has 0 saturated carbocycles. The lowest BCUT2D eigenvalue weighted by atomic mass is 9.76. The SMILES string of the molecule is COC(=O)N1C(C)(C)C=C[C@]1(C)C[C@@](C)(O)c1ccc(NC(=O)c2ncc(C#N)[nH]2)c(C2=CCC(C)(C)CC2)c1. The molecule has 2 atom stereocenters. The third-order valence-corrected chi connectivity index (χ3v) is 8.12. The van der Waals surface area contributed by atoms with Crippen LogP contribution < -0.4 is 5.32 Å². The number of aromatic amines is 1. The normalized spacial score (nSPS) is 22.7. The van der Waals surface area contributed by atoms with E-state index in [-0.39, 0.29) is 23.4 Å². The molecule has 3 N–H and O–H groups in total. The average molecular weight is 546 g/mol. The van der Waals surface area contributed by atoms with E-state index in [1.807, 2.05) is 45.1 Å². The maximum Gasteiger partial charge on any atom is 0.410 e. The number of hydrogen-bond donors (Lipinski definition) is 3. The highest BCUT2D eigenvalue weighted by Crippen LogP contribution is 2.45. The van der Waals surface area contributed by atoms with Gasteiger partial charge in [-0.2, -0.15) is 5.26 Å². The Bertz CT molecular complexity index is 1430. The van der Waals surface area contributed by atoms with Gasteiger partial charge in [-0.3, -0.25) is 9.69 Å². The van der Waals surface area contributed by atoms with Gasteiger partial charge in [0.15, 0.2) is 5.82 Å². The van der Waals surface area contributed by atoms with Crippen molar-refractivity contribution in [1.82, 2.24) is 14.9 Å². The number of methoxy groups -OCH3 is 1. The van der Waals surface area contributed by atoms with Crippen molar-refractivity contribution < 1.29 is 19.4 Å². The van der Waals surface area contributed by atoms with Gasteiger partial charge >= 0.3 is 6.09 Å². The highest BCUT2D eigenvalue weighted by Gasteiger charge is 2.50. The molecule has 0 bridgehead atoms. The molecule has 4 rings (SSSR count). The first-order chi connectivity index (χ1) is 18.6. The molecule has 0 fully saturated rings. The Morgan fingerprint density at radius 1 is 1.25 bits per heavy atom. The van der Waals surface area contributed by atoms with Crippen molar-refractivity contribution in [2.45, 2.75) is 83.9 Å². The number of nitriles is 1. The minimum absolute atomic E-state index is 0.0452. The fraction of sp³-hybridized carbons (Fsp3) is 0.484. The number of rotatable bonds is 6. The quantitative estimate of drug-likeness (QED) is 0.387. The summed E-state index contributed by atoms with van der Waals surface area (Å²) < 4.78 is 5.09. The number of hydrogen-bond acceptors (Lipinski definition) is 6. The Balaban J connectivity index is 1.71. The number of amides is 2. The van der Waals surface area contributed by atoms with E-state index >= 15 is 0 Å². The monoisotopic (exact) mass is 545 g/mol. The van der Waals surface area contributed by atoms with Crippen LogP contribution in [-0.2, 0) is 10.3 Å². The zero-order chi connectivity index (χ0) is 29.5. The maximum atomic E-state index is 13.0. The molecule has 9 nitrogen and oxygen atoms in total. The van der Waals surface area contributed by atoms with E-state index in [0.717, 1.165) is 30.4 Å². The first kappa shape index (κ1) is 29.1. The second-order valence-electron chi connectivity index (χ2n) is 12.7. The van der Waals surface area contributed by atoms with Gasteiger partial charge in [-0.15, -0.1) is 0 Å². The third kappa shape index (κ3) is 5.68. The van der Waals surface area contributed by atoms with Crippen molar-refractivity contribution in [3.63, 3.8) is 0 Å². The number of ether oxygens (including phenoxy) is 1. The molecule has 2 aromatic rings. The number of carbonyl (C=O) groups is 2. The zero-order valence-electron chi connectivity index (χ0n) is 24.4. The zero-order valence-corrected chi connectivity index (χ0v) is 24.4. The standard InChI is InChI=1S/C31H39N5O4/c1-28(2)12-10-20(11-13-28)23-16-21(8-9-24(23)35-26(37)25-33-18-22(17-32)34-25)31(6,39)19-30(5)15-14-29(3,4)36(30)27(38)40-7/h8-10,14-16,18,39H,11-13,19H2,1-7H3,(H,33,34)(H,35,37)/t30-,31-/m1/s1. The molecule has 1 aliphatic heterocycles. The summed E-state index contributed by atoms with van der Waals surface area (Å²) in [5.41, 5.74) is 0.876. The number of allylic oxidation sites excluding steroid dienone is 2. The van der Waals surface area contributed by atoms with Crippen LogP contribution in [0.1, 0.15) is 94.7 Å². The molecule has 1 aromatic carbocycles. The molecule has 0 unspecified atom stereocenters. The van der Waals surface area contributed by atoms with Gasteiger partial charge in [0.2, 0.25) is 0 Å². The number of imidazole rings is 1. The molecule has 0 spiro atoms. The summed E-state index contributed by atoms with van der Waals surface area (Å²) in [7, 11) is 1.36. The lowest BCUT2D eigenvalue weighted by Gasteiger charge is -2.44. The molecule has 1 aliphatic carbocycles. The van der Waals surface area contributed by atoms with Crippen LogP contribution in [0, 0.1) is 16.7 Å². The number of aromatic nitrogens is 2. The van der Waals surface area contributed by atoms with Crippen LogP contribution in [0.5, 0.6) is 0 Å². The predicted octanol–water partition coefficient (Wildman–Crippen LogP) is 5.90. The van der Waals surface area contributed by atoms with Gasteiger partial charge in [0.05, 0.1) is 30.0 Å². The van der Waals surface area contributed by atoms with Gasteiger partial charge in [0.1, 0.15) is 11.8 Å². The van der Waals surface area contributed by atoms with Crippen molar-refractivity contribution in [3.05, 3.63) is 65.3 Å². The molecule has 2 aliphatic rings. The summed E-state index contributed by atoms with van der Waals surface area (Å²) in [5, 5.41) is 23.9. The lowest BCUT2D eigenvalue weighted by molar-refractivity contribution is -0.0141. The van der Waals surface area contributed by atoms with E-state index in [1.54, 1.807) is 24.0 Å². The summed E-state index contributed by atoms with van der Waals surface area (Å²) in [6.45, 7) is 12.0. The van der Waals surface area contributed by atoms with Crippen LogP contribution in [0.4, 0.5) is 10.5 Å². The van der Waals surface area contributed by atoms with Crippen molar-refractivity contribution in [2.24, 2.45) is 5.41 Å². The van der Waals surface area contributed by atoms with Gasteiger partial charge in [-0.05, 0) is 75.6 Å². The van der Waals surface area contributed by atoms with Crippen LogP contribution in [0.15, 0.2) is 42.6 Å². The number of H-pyrrole nitrogens is 1. The van der Waals surface area contributed by atoms with Crippen molar-refractivity contribution in [2.75, 3.05) is 12.4 Å². The second-order valence-corrected chi connectivity index (χ2v) is 12.7. The van der Waals surface area contributed by atoms with Gasteiger partial charge in [-0.25, -0.2) is 9.78 Å².